The first-order valence-electron chi connectivity index (χ1n) is 11.1. The maximum absolute atomic E-state index is 13.2. The Bertz CT molecular complexity index is 1270. The molecule has 2 aromatic carbocycles. The highest BCUT2D eigenvalue weighted by Gasteiger charge is 2.46. The minimum absolute atomic E-state index is 0.0203. The van der Waals surface area contributed by atoms with E-state index < -0.39 is 17.7 Å². The van der Waals surface area contributed by atoms with Gasteiger partial charge in [0.05, 0.1) is 28.3 Å². The van der Waals surface area contributed by atoms with E-state index in [0.717, 1.165) is 5.56 Å². The molecule has 0 saturated carbocycles. The number of pyridine rings is 1. The molecule has 1 aliphatic heterocycles. The Hall–Kier alpha value is -3.35. The Morgan fingerprint density at radius 1 is 1.09 bits per heavy atom. The Balaban J connectivity index is 1.78. The molecule has 1 atom stereocenters. The fraction of sp³-hybridized carbons (Fsp3) is 0.222. The van der Waals surface area contributed by atoms with Gasteiger partial charge < -0.3 is 14.7 Å². The minimum Gasteiger partial charge on any atom is -0.507 e. The molecule has 180 valence electrons. The van der Waals surface area contributed by atoms with Crippen LogP contribution < -0.4 is 4.74 Å². The van der Waals surface area contributed by atoms with Gasteiger partial charge in [-0.25, -0.2) is 0 Å². The van der Waals surface area contributed by atoms with Crippen LogP contribution in [0.4, 0.5) is 0 Å². The predicted molar refractivity (Wildman–Crippen MR) is 135 cm³/mol. The van der Waals surface area contributed by atoms with Gasteiger partial charge in [-0.05, 0) is 59.5 Å². The van der Waals surface area contributed by atoms with Crippen molar-refractivity contribution < 1.29 is 19.4 Å². The molecule has 0 bridgehead atoms. The Kier molecular flexibility index (Phi) is 7.43. The monoisotopic (exact) mass is 510 g/mol. The van der Waals surface area contributed by atoms with Crippen molar-refractivity contribution in [1.82, 2.24) is 9.88 Å². The summed E-state index contributed by atoms with van der Waals surface area (Å²) in [5.74, 6) is -0.757. The lowest BCUT2D eigenvalue weighted by molar-refractivity contribution is -0.140. The molecule has 1 aliphatic rings. The molecule has 2 heterocycles. The van der Waals surface area contributed by atoms with Crippen molar-refractivity contribution in [1.29, 1.82) is 0 Å². The van der Waals surface area contributed by atoms with Crippen molar-refractivity contribution in [3.8, 4) is 5.75 Å². The number of hydrogen-bond donors (Lipinski definition) is 1. The van der Waals surface area contributed by atoms with Crippen molar-refractivity contribution in [3.63, 3.8) is 0 Å². The molecule has 35 heavy (non-hydrogen) atoms. The first-order valence-corrected chi connectivity index (χ1v) is 11.9. The van der Waals surface area contributed by atoms with Crippen LogP contribution in [0.1, 0.15) is 36.6 Å². The number of amides is 1. The van der Waals surface area contributed by atoms with Crippen molar-refractivity contribution in [2.24, 2.45) is 5.92 Å². The van der Waals surface area contributed by atoms with Crippen LogP contribution in [-0.2, 0) is 16.1 Å². The number of aliphatic hydroxyl groups is 1. The molecule has 1 N–H and O–H groups in total. The lowest BCUT2D eigenvalue weighted by Crippen LogP contribution is -2.29. The number of benzene rings is 2. The normalized spacial score (nSPS) is 17.3. The number of hydrogen-bond acceptors (Lipinski definition) is 5. The summed E-state index contributed by atoms with van der Waals surface area (Å²) in [6.07, 6.45) is 3.25. The number of halogens is 2. The summed E-state index contributed by atoms with van der Waals surface area (Å²) in [6.45, 7) is 4.78. The van der Waals surface area contributed by atoms with E-state index in [1.54, 1.807) is 60.9 Å². The van der Waals surface area contributed by atoms with E-state index in [9.17, 15) is 14.7 Å². The topological polar surface area (TPSA) is 79.7 Å². The van der Waals surface area contributed by atoms with Crippen LogP contribution in [0.25, 0.3) is 5.76 Å². The third kappa shape index (κ3) is 5.34. The predicted octanol–water partition coefficient (Wildman–Crippen LogP) is 6.05. The van der Waals surface area contributed by atoms with E-state index in [0.29, 0.717) is 34.4 Å². The molecule has 0 aliphatic carbocycles. The third-order valence-corrected chi connectivity index (χ3v) is 6.33. The molecule has 0 spiro atoms. The first-order chi connectivity index (χ1) is 16.8. The maximum Gasteiger partial charge on any atom is 0.295 e. The van der Waals surface area contributed by atoms with Crippen LogP contribution in [0.5, 0.6) is 5.75 Å². The number of likely N-dealkylation sites (tertiary alicyclic amines) is 1. The number of rotatable bonds is 7. The summed E-state index contributed by atoms with van der Waals surface area (Å²) < 4.78 is 5.70. The Labute approximate surface area is 213 Å². The number of carbonyl (C=O) groups is 2. The summed E-state index contributed by atoms with van der Waals surface area (Å²) >= 11 is 12.4. The van der Waals surface area contributed by atoms with Gasteiger partial charge >= 0.3 is 0 Å². The Morgan fingerprint density at radius 3 is 2.46 bits per heavy atom. The fourth-order valence-electron chi connectivity index (χ4n) is 3.89. The van der Waals surface area contributed by atoms with Gasteiger partial charge in [-0.2, -0.15) is 0 Å². The van der Waals surface area contributed by atoms with Crippen LogP contribution in [0.3, 0.4) is 0 Å². The average Bonchev–Trinajstić information content (AvgIpc) is 3.10. The lowest BCUT2D eigenvalue weighted by atomic mass is 9.95. The molecule has 1 unspecified atom stereocenters. The van der Waals surface area contributed by atoms with E-state index in [4.69, 9.17) is 27.9 Å². The molecule has 3 aromatic rings. The summed E-state index contributed by atoms with van der Waals surface area (Å²) in [6, 6.07) is 14.4. The van der Waals surface area contributed by atoms with Gasteiger partial charge in [-0.1, -0.05) is 49.2 Å². The van der Waals surface area contributed by atoms with Crippen LogP contribution in [0.2, 0.25) is 10.0 Å². The SMILES string of the molecule is CC(C)COc1ccc(/C(O)=C2/C(=O)C(=O)N(Cc3cccnc3)C2c2ccc(Cl)c(Cl)c2)cc1. The van der Waals surface area contributed by atoms with Crippen molar-refractivity contribution in [3.05, 3.63) is 99.3 Å². The standard InChI is InChI=1S/C27H24Cl2N2O4/c1-16(2)15-35-20-8-5-18(6-9-20)25(32)23-24(19-7-10-21(28)22(29)12-19)31(27(34)26(23)33)14-17-4-3-11-30-13-17/h3-13,16,24,32H,14-15H2,1-2H3/b25-23-. The van der Waals surface area contributed by atoms with Gasteiger partial charge in [-0.3, -0.25) is 14.6 Å². The van der Waals surface area contributed by atoms with Crippen LogP contribution in [0.15, 0.2) is 72.6 Å². The summed E-state index contributed by atoms with van der Waals surface area (Å²) in [4.78, 5) is 31.8. The van der Waals surface area contributed by atoms with E-state index in [1.807, 2.05) is 19.9 Å². The molecule has 1 fully saturated rings. The van der Waals surface area contributed by atoms with E-state index >= 15 is 0 Å². The number of aliphatic hydroxyl groups excluding tert-OH is 1. The smallest absolute Gasteiger partial charge is 0.295 e. The van der Waals surface area contributed by atoms with E-state index in [2.05, 4.69) is 4.98 Å². The molecule has 1 saturated heterocycles. The van der Waals surface area contributed by atoms with Gasteiger partial charge in [0.2, 0.25) is 0 Å². The van der Waals surface area contributed by atoms with Crippen LogP contribution >= 0.6 is 23.2 Å². The summed E-state index contributed by atoms with van der Waals surface area (Å²) in [5.41, 5.74) is 1.67. The van der Waals surface area contributed by atoms with Gasteiger partial charge in [0.15, 0.2) is 0 Å². The summed E-state index contributed by atoms with van der Waals surface area (Å²) in [7, 11) is 0. The zero-order valence-corrected chi connectivity index (χ0v) is 20.8. The second-order valence-electron chi connectivity index (χ2n) is 8.69. The second-order valence-corrected chi connectivity index (χ2v) is 9.51. The maximum atomic E-state index is 13.2. The van der Waals surface area contributed by atoms with E-state index in [-0.39, 0.29) is 22.9 Å². The average molecular weight is 511 g/mol. The highest BCUT2D eigenvalue weighted by Crippen LogP contribution is 2.41. The van der Waals surface area contributed by atoms with Gasteiger partial charge in [0, 0.05) is 24.5 Å². The van der Waals surface area contributed by atoms with Crippen LogP contribution in [-0.4, -0.2) is 33.3 Å². The molecule has 6 nitrogen and oxygen atoms in total. The summed E-state index contributed by atoms with van der Waals surface area (Å²) in [5, 5.41) is 11.8. The van der Waals surface area contributed by atoms with Crippen LogP contribution in [0, 0.1) is 5.92 Å². The van der Waals surface area contributed by atoms with Crippen molar-refractivity contribution in [2.75, 3.05) is 6.61 Å². The quantitative estimate of drug-likeness (QED) is 0.238. The minimum atomic E-state index is -0.859. The van der Waals surface area contributed by atoms with Gasteiger partial charge in [0.1, 0.15) is 11.5 Å². The second kappa shape index (κ2) is 10.5. The zero-order chi connectivity index (χ0) is 25.1. The number of aromatic nitrogens is 1. The molecule has 4 rings (SSSR count). The van der Waals surface area contributed by atoms with Crippen molar-refractivity contribution >= 4 is 40.7 Å². The zero-order valence-electron chi connectivity index (χ0n) is 19.2. The number of ketones is 1. The highest BCUT2D eigenvalue weighted by atomic mass is 35.5. The molecule has 8 heteroatoms. The van der Waals surface area contributed by atoms with E-state index in [1.165, 1.54) is 4.90 Å². The number of Topliss-reactive ketones (excluding diaryl/α,β-unsaturated/α-hetero) is 1. The van der Waals surface area contributed by atoms with Gasteiger partial charge in [-0.15, -0.1) is 0 Å². The molecule has 0 radical (unpaired) electrons. The lowest BCUT2D eigenvalue weighted by Gasteiger charge is -2.25. The molecule has 1 amide bonds. The largest absolute Gasteiger partial charge is 0.507 e. The molecular formula is C27H24Cl2N2O4. The molecular weight excluding hydrogens is 487 g/mol. The number of ether oxygens (including phenoxy) is 1. The number of carbonyl (C=O) groups excluding carboxylic acids is 2. The van der Waals surface area contributed by atoms with Crippen molar-refractivity contribution in [2.45, 2.75) is 26.4 Å². The molecule has 1 aromatic heterocycles. The fourth-order valence-corrected chi connectivity index (χ4v) is 4.19. The Morgan fingerprint density at radius 2 is 1.83 bits per heavy atom. The number of nitrogens with zero attached hydrogens (tertiary/aromatic N) is 2. The third-order valence-electron chi connectivity index (χ3n) is 5.59. The van der Waals surface area contributed by atoms with Gasteiger partial charge in [0.25, 0.3) is 11.7 Å². The first kappa shape index (κ1) is 24.8. The highest BCUT2D eigenvalue weighted by molar-refractivity contribution is 6.46.